The largest absolute Gasteiger partial charge is 0.477 e. The van der Waals surface area contributed by atoms with Gasteiger partial charge in [0.15, 0.2) is 5.82 Å². The van der Waals surface area contributed by atoms with Gasteiger partial charge in [-0.2, -0.15) is 0 Å². The van der Waals surface area contributed by atoms with Crippen LogP contribution in [0.1, 0.15) is 24.2 Å². The Labute approximate surface area is 142 Å². The Morgan fingerprint density at radius 1 is 1.40 bits per heavy atom. The number of carboxylic acid groups (broad SMARTS) is 1. The number of aryl methyl sites for hydroxylation is 1. The van der Waals surface area contributed by atoms with Crippen molar-refractivity contribution in [2.45, 2.75) is 26.4 Å². The Morgan fingerprint density at radius 3 is 2.60 bits per heavy atom. The average molecular weight is 351 g/mol. The molecule has 134 valence electrons. The minimum Gasteiger partial charge on any atom is -0.477 e. The number of hydrogen-bond donors (Lipinski definition) is 2. The zero-order valence-corrected chi connectivity index (χ0v) is 13.9. The van der Waals surface area contributed by atoms with E-state index in [-0.39, 0.29) is 35.1 Å². The molecule has 0 bridgehead atoms. The molecule has 0 spiro atoms. The topological polar surface area (TPSA) is 88.6 Å². The molecule has 0 saturated carbocycles. The van der Waals surface area contributed by atoms with Crippen LogP contribution in [0.5, 0.6) is 0 Å². The molecule has 3 N–H and O–H groups in total. The van der Waals surface area contributed by atoms with E-state index in [2.05, 4.69) is 0 Å². The van der Waals surface area contributed by atoms with E-state index in [0.717, 1.165) is 12.3 Å². The number of rotatable bonds is 3. The molecule has 0 unspecified atom stereocenters. The van der Waals surface area contributed by atoms with Gasteiger partial charge < -0.3 is 20.3 Å². The molecule has 1 aliphatic heterocycles. The van der Waals surface area contributed by atoms with E-state index < -0.39 is 28.6 Å². The molecule has 2 heterocycles. The van der Waals surface area contributed by atoms with Gasteiger partial charge in [0.1, 0.15) is 17.1 Å². The molecule has 1 fully saturated rings. The minimum absolute atomic E-state index is 0.0808. The summed E-state index contributed by atoms with van der Waals surface area (Å²) in [6, 6.07) is 0.723. The minimum atomic E-state index is -1.43. The van der Waals surface area contributed by atoms with E-state index in [0.29, 0.717) is 13.1 Å². The predicted octanol–water partition coefficient (Wildman–Crippen LogP) is 1.78. The molecule has 1 saturated heterocycles. The monoisotopic (exact) mass is 351 g/mol. The SMILES string of the molecule is CCn1cc(C(=O)O)c(=O)c2cc(F)c(N3C[C@@H](C)[C@@H](N)C3)c(F)c21. The van der Waals surface area contributed by atoms with E-state index in [1.165, 1.54) is 9.47 Å². The van der Waals surface area contributed by atoms with E-state index in [1.54, 1.807) is 6.92 Å². The number of aromatic carboxylic acids is 1. The van der Waals surface area contributed by atoms with Gasteiger partial charge in [-0.05, 0) is 18.9 Å². The summed E-state index contributed by atoms with van der Waals surface area (Å²) in [7, 11) is 0. The maximum absolute atomic E-state index is 15.2. The second kappa shape index (κ2) is 6.11. The van der Waals surface area contributed by atoms with Crippen molar-refractivity contribution in [3.63, 3.8) is 0 Å². The highest BCUT2D eigenvalue weighted by Crippen LogP contribution is 2.33. The summed E-state index contributed by atoms with van der Waals surface area (Å²) in [5.74, 6) is -3.11. The van der Waals surface area contributed by atoms with Crippen molar-refractivity contribution in [3.05, 3.63) is 39.7 Å². The van der Waals surface area contributed by atoms with E-state index in [9.17, 15) is 14.0 Å². The Balaban J connectivity index is 2.32. The molecule has 2 atom stereocenters. The number of aromatic nitrogens is 1. The fourth-order valence-corrected chi connectivity index (χ4v) is 3.34. The van der Waals surface area contributed by atoms with E-state index >= 15 is 4.39 Å². The average Bonchev–Trinajstić information content (AvgIpc) is 2.86. The lowest BCUT2D eigenvalue weighted by Crippen LogP contribution is -2.29. The molecule has 2 aromatic rings. The van der Waals surface area contributed by atoms with Crippen LogP contribution in [-0.4, -0.2) is 34.8 Å². The standard InChI is InChI=1S/C17H19F2N3O3/c1-3-21-6-10(17(24)25)16(23)9-4-11(18)15(13(19)14(9)21)22-5-8(2)12(20)7-22/h4,6,8,12H,3,5,7,20H2,1-2H3,(H,24,25)/t8-,12+/m1/s1. The quantitative estimate of drug-likeness (QED) is 0.880. The Bertz CT molecular complexity index is 916. The number of carboxylic acids is 1. The first kappa shape index (κ1) is 17.3. The molecular weight excluding hydrogens is 332 g/mol. The Kier molecular flexibility index (Phi) is 4.24. The van der Waals surface area contributed by atoms with Gasteiger partial charge in [-0.1, -0.05) is 6.92 Å². The lowest BCUT2D eigenvalue weighted by atomic mass is 10.1. The molecule has 1 aromatic heterocycles. The molecule has 3 rings (SSSR count). The zero-order chi connectivity index (χ0) is 18.5. The van der Waals surface area contributed by atoms with Crippen LogP contribution < -0.4 is 16.1 Å². The van der Waals surface area contributed by atoms with Crippen LogP contribution in [0.3, 0.4) is 0 Å². The first-order chi connectivity index (χ1) is 11.8. The highest BCUT2D eigenvalue weighted by Gasteiger charge is 2.32. The van der Waals surface area contributed by atoms with Crippen molar-refractivity contribution >= 4 is 22.6 Å². The second-order valence-corrected chi connectivity index (χ2v) is 6.43. The molecular formula is C17H19F2N3O3. The van der Waals surface area contributed by atoms with Gasteiger partial charge in [0.05, 0.1) is 10.9 Å². The highest BCUT2D eigenvalue weighted by atomic mass is 19.1. The van der Waals surface area contributed by atoms with Gasteiger partial charge in [0, 0.05) is 31.9 Å². The van der Waals surface area contributed by atoms with Crippen LogP contribution in [0.2, 0.25) is 0 Å². The lowest BCUT2D eigenvalue weighted by Gasteiger charge is -2.22. The summed E-state index contributed by atoms with van der Waals surface area (Å²) in [6.45, 7) is 4.54. The van der Waals surface area contributed by atoms with Gasteiger partial charge in [0.2, 0.25) is 5.43 Å². The number of carbonyl (C=O) groups is 1. The van der Waals surface area contributed by atoms with Gasteiger partial charge in [0.25, 0.3) is 0 Å². The van der Waals surface area contributed by atoms with Crippen molar-refractivity contribution in [1.29, 1.82) is 0 Å². The number of nitrogens with zero attached hydrogens (tertiary/aromatic N) is 2. The number of halogens is 2. The normalized spacial score (nSPS) is 20.4. The predicted molar refractivity (Wildman–Crippen MR) is 90.1 cm³/mol. The van der Waals surface area contributed by atoms with E-state index in [4.69, 9.17) is 10.8 Å². The van der Waals surface area contributed by atoms with Crippen molar-refractivity contribution < 1.29 is 18.7 Å². The number of pyridine rings is 1. The molecule has 1 aromatic carbocycles. The van der Waals surface area contributed by atoms with Crippen LogP contribution in [0.4, 0.5) is 14.5 Å². The van der Waals surface area contributed by atoms with Gasteiger partial charge in [-0.15, -0.1) is 0 Å². The molecule has 0 aliphatic carbocycles. The summed E-state index contributed by atoms with van der Waals surface area (Å²) >= 11 is 0. The summed E-state index contributed by atoms with van der Waals surface area (Å²) < 4.78 is 31.1. The van der Waals surface area contributed by atoms with Crippen molar-refractivity contribution in [2.75, 3.05) is 18.0 Å². The number of fused-ring (bicyclic) bond motifs is 1. The van der Waals surface area contributed by atoms with E-state index in [1.807, 2.05) is 6.92 Å². The smallest absolute Gasteiger partial charge is 0.341 e. The highest BCUT2D eigenvalue weighted by molar-refractivity contribution is 5.93. The molecule has 1 aliphatic rings. The Morgan fingerprint density at radius 2 is 2.08 bits per heavy atom. The van der Waals surface area contributed by atoms with Crippen molar-refractivity contribution in [1.82, 2.24) is 4.57 Å². The molecule has 0 amide bonds. The molecule has 8 heteroatoms. The number of anilines is 1. The summed E-state index contributed by atoms with van der Waals surface area (Å²) in [5.41, 5.74) is 4.21. The summed E-state index contributed by atoms with van der Waals surface area (Å²) in [6.07, 6.45) is 1.09. The Hall–Kier alpha value is -2.48. The van der Waals surface area contributed by atoms with Gasteiger partial charge in [-0.25, -0.2) is 13.6 Å². The van der Waals surface area contributed by atoms with Crippen LogP contribution in [0.25, 0.3) is 10.9 Å². The molecule has 0 radical (unpaired) electrons. The molecule has 6 nitrogen and oxygen atoms in total. The fourth-order valence-electron chi connectivity index (χ4n) is 3.34. The van der Waals surface area contributed by atoms with Crippen LogP contribution >= 0.6 is 0 Å². The summed E-state index contributed by atoms with van der Waals surface area (Å²) in [4.78, 5) is 25.1. The van der Waals surface area contributed by atoms with Crippen LogP contribution in [0, 0.1) is 17.6 Å². The number of benzene rings is 1. The maximum atomic E-state index is 15.2. The number of nitrogens with two attached hydrogens (primary N) is 1. The number of hydrogen-bond acceptors (Lipinski definition) is 4. The second-order valence-electron chi connectivity index (χ2n) is 6.43. The third kappa shape index (κ3) is 2.66. The lowest BCUT2D eigenvalue weighted by molar-refractivity contribution is 0.0695. The maximum Gasteiger partial charge on any atom is 0.341 e. The first-order valence-corrected chi connectivity index (χ1v) is 8.05. The third-order valence-electron chi connectivity index (χ3n) is 4.79. The van der Waals surface area contributed by atoms with Gasteiger partial charge in [-0.3, -0.25) is 4.79 Å². The van der Waals surface area contributed by atoms with Crippen LogP contribution in [-0.2, 0) is 6.54 Å². The third-order valence-corrected chi connectivity index (χ3v) is 4.79. The van der Waals surface area contributed by atoms with Crippen molar-refractivity contribution in [2.24, 2.45) is 11.7 Å². The summed E-state index contributed by atoms with van der Waals surface area (Å²) in [5, 5.41) is 8.87. The first-order valence-electron chi connectivity index (χ1n) is 8.05. The van der Waals surface area contributed by atoms with Crippen LogP contribution in [0.15, 0.2) is 17.1 Å². The fraction of sp³-hybridized carbons (Fsp3) is 0.412. The molecule has 25 heavy (non-hydrogen) atoms. The van der Waals surface area contributed by atoms with Crippen molar-refractivity contribution in [3.8, 4) is 0 Å². The zero-order valence-electron chi connectivity index (χ0n) is 13.9. The van der Waals surface area contributed by atoms with Gasteiger partial charge >= 0.3 is 5.97 Å².